The molecule has 0 saturated heterocycles. The van der Waals surface area contributed by atoms with Crippen molar-refractivity contribution in [1.29, 1.82) is 0 Å². The molecular formula is C21H29N5O. The fourth-order valence-electron chi connectivity index (χ4n) is 3.51. The molecule has 6 heteroatoms. The van der Waals surface area contributed by atoms with Crippen LogP contribution in [0.1, 0.15) is 12.0 Å². The summed E-state index contributed by atoms with van der Waals surface area (Å²) in [5, 5.41) is 19.9. The number of nitrogens with one attached hydrogen (secondary N) is 1. The summed E-state index contributed by atoms with van der Waals surface area (Å²) >= 11 is 0. The Balaban J connectivity index is 1.71. The molecule has 0 saturated carbocycles. The number of aryl methyl sites for hydroxylation is 1. The molecular weight excluding hydrogens is 338 g/mol. The zero-order valence-electron chi connectivity index (χ0n) is 16.6. The van der Waals surface area contributed by atoms with Gasteiger partial charge in [0.25, 0.3) is 0 Å². The largest absolute Gasteiger partial charge is 0.506 e. The molecule has 0 aliphatic carbocycles. The van der Waals surface area contributed by atoms with Crippen LogP contribution in [0, 0.1) is 0 Å². The molecule has 27 heavy (non-hydrogen) atoms. The summed E-state index contributed by atoms with van der Waals surface area (Å²) in [5.74, 6) is 0.260. The smallest absolute Gasteiger partial charge is 0.142 e. The van der Waals surface area contributed by atoms with E-state index in [1.807, 2.05) is 45.6 Å². The summed E-state index contributed by atoms with van der Waals surface area (Å²) < 4.78 is 0. The quantitative estimate of drug-likeness (QED) is 0.606. The average molecular weight is 367 g/mol. The van der Waals surface area contributed by atoms with Crippen molar-refractivity contribution in [1.82, 2.24) is 0 Å². The summed E-state index contributed by atoms with van der Waals surface area (Å²) in [6.45, 7) is 1.69. The Kier molecular flexibility index (Phi) is 5.74. The minimum Gasteiger partial charge on any atom is -0.506 e. The highest BCUT2D eigenvalue weighted by atomic mass is 16.3. The average Bonchev–Trinajstić information content (AvgIpc) is 2.68. The van der Waals surface area contributed by atoms with Crippen molar-refractivity contribution in [3.8, 4) is 5.75 Å². The number of rotatable bonds is 6. The van der Waals surface area contributed by atoms with Gasteiger partial charge in [0, 0.05) is 52.7 Å². The maximum absolute atomic E-state index is 10.4. The van der Waals surface area contributed by atoms with E-state index in [1.165, 1.54) is 5.56 Å². The van der Waals surface area contributed by atoms with Crippen LogP contribution in [0.3, 0.4) is 0 Å². The maximum atomic E-state index is 10.4. The third kappa shape index (κ3) is 4.10. The molecule has 1 aliphatic rings. The summed E-state index contributed by atoms with van der Waals surface area (Å²) in [7, 11) is 7.89. The molecule has 0 aromatic heterocycles. The van der Waals surface area contributed by atoms with Crippen molar-refractivity contribution in [2.75, 3.05) is 61.4 Å². The Hall–Kier alpha value is -2.89. The first-order valence-corrected chi connectivity index (χ1v) is 9.32. The number of phenolic OH excluding ortho intramolecular Hbond substituents is 1. The fourth-order valence-corrected chi connectivity index (χ4v) is 3.51. The first kappa shape index (κ1) is 18.9. The van der Waals surface area contributed by atoms with Crippen LogP contribution in [0.5, 0.6) is 5.75 Å². The second kappa shape index (κ2) is 8.20. The van der Waals surface area contributed by atoms with Crippen LogP contribution in [0.15, 0.2) is 41.5 Å². The van der Waals surface area contributed by atoms with E-state index < -0.39 is 0 Å². The van der Waals surface area contributed by atoms with Crippen molar-refractivity contribution < 1.29 is 5.11 Å². The molecule has 0 radical (unpaired) electrons. The number of fused-ring (bicyclic) bond motifs is 1. The molecule has 0 spiro atoms. The number of benzene rings is 2. The first-order chi connectivity index (χ1) is 13.0. The van der Waals surface area contributed by atoms with Gasteiger partial charge in [0.05, 0.1) is 17.9 Å². The Bertz CT molecular complexity index is 820. The van der Waals surface area contributed by atoms with Crippen molar-refractivity contribution in [3.63, 3.8) is 0 Å². The van der Waals surface area contributed by atoms with Crippen molar-refractivity contribution in [3.05, 3.63) is 42.0 Å². The van der Waals surface area contributed by atoms with E-state index in [0.29, 0.717) is 6.54 Å². The number of anilines is 4. The molecule has 0 amide bonds. The van der Waals surface area contributed by atoms with Crippen molar-refractivity contribution in [2.45, 2.75) is 12.8 Å². The van der Waals surface area contributed by atoms with Gasteiger partial charge in [-0.2, -0.15) is 5.10 Å². The summed E-state index contributed by atoms with van der Waals surface area (Å²) in [6, 6.07) is 12.1. The van der Waals surface area contributed by atoms with Crippen LogP contribution in [-0.2, 0) is 6.42 Å². The zero-order valence-corrected chi connectivity index (χ0v) is 16.6. The molecule has 0 atom stereocenters. The topological polar surface area (TPSA) is 54.3 Å². The van der Waals surface area contributed by atoms with Gasteiger partial charge in [-0.15, -0.1) is 0 Å². The molecule has 144 valence electrons. The molecule has 2 aromatic rings. The van der Waals surface area contributed by atoms with E-state index >= 15 is 0 Å². The van der Waals surface area contributed by atoms with Crippen LogP contribution >= 0.6 is 0 Å². The minimum absolute atomic E-state index is 0.260. The number of para-hydroxylation sites is 2. The van der Waals surface area contributed by atoms with Crippen LogP contribution in [0.4, 0.5) is 22.7 Å². The lowest BCUT2D eigenvalue weighted by Crippen LogP contribution is -2.25. The van der Waals surface area contributed by atoms with E-state index in [-0.39, 0.29) is 5.75 Å². The molecule has 1 aliphatic heterocycles. The minimum atomic E-state index is 0.260. The Morgan fingerprint density at radius 3 is 2.78 bits per heavy atom. The Morgan fingerprint density at radius 2 is 2.00 bits per heavy atom. The molecule has 3 rings (SSSR count). The van der Waals surface area contributed by atoms with E-state index in [9.17, 15) is 5.11 Å². The SMILES string of the molecule is CNc1ccccc1N(C)C/C=N/N(C)c1cc2c(cc1O)N(C)CCC2. The Labute approximate surface area is 161 Å². The van der Waals surface area contributed by atoms with E-state index in [0.717, 1.165) is 42.1 Å². The highest BCUT2D eigenvalue weighted by Gasteiger charge is 2.18. The van der Waals surface area contributed by atoms with Gasteiger partial charge in [-0.1, -0.05) is 12.1 Å². The number of nitrogens with zero attached hydrogens (tertiary/aromatic N) is 4. The van der Waals surface area contributed by atoms with Gasteiger partial charge < -0.3 is 20.2 Å². The summed E-state index contributed by atoms with van der Waals surface area (Å²) in [4.78, 5) is 4.32. The molecule has 0 unspecified atom stereocenters. The van der Waals surface area contributed by atoms with E-state index in [1.54, 1.807) is 5.01 Å². The molecule has 2 N–H and O–H groups in total. The fraction of sp³-hybridized carbons (Fsp3) is 0.381. The molecule has 2 aromatic carbocycles. The second-order valence-electron chi connectivity index (χ2n) is 6.96. The maximum Gasteiger partial charge on any atom is 0.142 e. The Morgan fingerprint density at radius 1 is 1.22 bits per heavy atom. The van der Waals surface area contributed by atoms with Crippen LogP contribution < -0.4 is 20.1 Å². The van der Waals surface area contributed by atoms with Gasteiger partial charge in [-0.25, -0.2) is 0 Å². The van der Waals surface area contributed by atoms with Gasteiger partial charge in [-0.05, 0) is 36.6 Å². The zero-order chi connectivity index (χ0) is 19.4. The monoisotopic (exact) mass is 367 g/mol. The van der Waals surface area contributed by atoms with Crippen molar-refractivity contribution >= 4 is 29.0 Å². The van der Waals surface area contributed by atoms with Gasteiger partial charge in [0.1, 0.15) is 11.4 Å². The third-order valence-electron chi connectivity index (χ3n) is 5.07. The number of hydrogen-bond acceptors (Lipinski definition) is 6. The number of aromatic hydroxyl groups is 1. The molecule has 6 nitrogen and oxygen atoms in total. The lowest BCUT2D eigenvalue weighted by Gasteiger charge is -2.29. The van der Waals surface area contributed by atoms with Crippen LogP contribution in [-0.4, -0.2) is 52.6 Å². The first-order valence-electron chi connectivity index (χ1n) is 9.32. The summed E-state index contributed by atoms with van der Waals surface area (Å²) in [6.07, 6.45) is 4.03. The van der Waals surface area contributed by atoms with Crippen LogP contribution in [0.2, 0.25) is 0 Å². The van der Waals surface area contributed by atoms with Gasteiger partial charge in [0.15, 0.2) is 0 Å². The second-order valence-corrected chi connectivity index (χ2v) is 6.96. The van der Waals surface area contributed by atoms with Gasteiger partial charge in [0.2, 0.25) is 0 Å². The van der Waals surface area contributed by atoms with E-state index in [4.69, 9.17) is 0 Å². The number of phenols is 1. The van der Waals surface area contributed by atoms with Gasteiger partial charge in [-0.3, -0.25) is 5.01 Å². The lowest BCUT2D eigenvalue weighted by atomic mass is 10.0. The number of hydrogen-bond donors (Lipinski definition) is 2. The lowest BCUT2D eigenvalue weighted by molar-refractivity contribution is 0.474. The summed E-state index contributed by atoms with van der Waals surface area (Å²) in [5.41, 5.74) is 5.31. The standard InChI is InChI=1S/C21H29N5O/c1-22-17-9-5-6-10-18(17)25(3)13-11-23-26(4)20-14-16-8-7-12-24(2)19(16)15-21(20)27/h5-6,9-11,14-15,22,27H,7-8,12-13H2,1-4H3/b23-11+. The van der Waals surface area contributed by atoms with Crippen LogP contribution in [0.25, 0.3) is 0 Å². The van der Waals surface area contributed by atoms with Gasteiger partial charge >= 0.3 is 0 Å². The third-order valence-corrected chi connectivity index (χ3v) is 5.07. The highest BCUT2D eigenvalue weighted by Crippen LogP contribution is 2.37. The normalized spacial score (nSPS) is 13.6. The molecule has 0 bridgehead atoms. The predicted octanol–water partition coefficient (Wildman–Crippen LogP) is 3.37. The predicted molar refractivity (Wildman–Crippen MR) is 116 cm³/mol. The van der Waals surface area contributed by atoms with E-state index in [2.05, 4.69) is 45.5 Å². The highest BCUT2D eigenvalue weighted by molar-refractivity contribution is 5.75. The van der Waals surface area contributed by atoms with Crippen molar-refractivity contribution in [2.24, 2.45) is 5.10 Å². The molecule has 0 fully saturated rings. The number of hydrazone groups is 1. The molecule has 1 heterocycles.